The van der Waals surface area contributed by atoms with Gasteiger partial charge in [0.1, 0.15) is 6.54 Å². The minimum absolute atomic E-state index is 0.0862. The van der Waals surface area contributed by atoms with Gasteiger partial charge in [-0.15, -0.1) is 0 Å². The molecule has 7 nitrogen and oxygen atoms in total. The molecule has 3 aromatic carbocycles. The molecule has 35 heavy (non-hydrogen) atoms. The number of carbonyl (C=O) groups is 2. The van der Waals surface area contributed by atoms with Crippen LogP contribution >= 0.6 is 0 Å². The van der Waals surface area contributed by atoms with E-state index in [9.17, 15) is 18.0 Å². The normalized spacial score (nSPS) is 11.1. The highest BCUT2D eigenvalue weighted by molar-refractivity contribution is 7.92. The summed E-state index contributed by atoms with van der Waals surface area (Å²) in [6, 6.07) is 20.0. The molecule has 0 aromatic heterocycles. The van der Waals surface area contributed by atoms with E-state index in [1.165, 1.54) is 12.1 Å². The van der Waals surface area contributed by atoms with Crippen molar-refractivity contribution in [3.63, 3.8) is 0 Å². The van der Waals surface area contributed by atoms with Crippen molar-refractivity contribution >= 4 is 33.2 Å². The fourth-order valence-corrected chi connectivity index (χ4v) is 5.13. The van der Waals surface area contributed by atoms with Gasteiger partial charge in [0.2, 0.25) is 5.91 Å². The zero-order valence-corrected chi connectivity index (χ0v) is 21.3. The molecule has 0 aliphatic heterocycles. The SMILES string of the molecule is CCN(CC)C(=O)c1ccccc1NC(=O)CN(c1ccc(C)c(C)c1)S(=O)(=O)c1ccccc1. The molecular formula is C27H31N3O4S. The van der Waals surface area contributed by atoms with E-state index < -0.39 is 22.5 Å². The Balaban J connectivity index is 1.96. The molecule has 8 heteroatoms. The number of para-hydroxylation sites is 1. The summed E-state index contributed by atoms with van der Waals surface area (Å²) in [7, 11) is -4.02. The number of benzene rings is 3. The second-order valence-electron chi connectivity index (χ2n) is 8.16. The largest absolute Gasteiger partial charge is 0.339 e. The van der Waals surface area contributed by atoms with Crippen LogP contribution in [0.15, 0.2) is 77.7 Å². The average Bonchev–Trinajstić information content (AvgIpc) is 2.86. The third-order valence-electron chi connectivity index (χ3n) is 5.88. The molecule has 0 aliphatic carbocycles. The van der Waals surface area contributed by atoms with Gasteiger partial charge in [-0.05, 0) is 75.2 Å². The summed E-state index contributed by atoms with van der Waals surface area (Å²) in [5.74, 6) is -0.753. The zero-order chi connectivity index (χ0) is 25.6. The maximum absolute atomic E-state index is 13.5. The molecule has 3 rings (SSSR count). The third-order valence-corrected chi connectivity index (χ3v) is 7.67. The quantitative estimate of drug-likeness (QED) is 0.471. The predicted molar refractivity (Wildman–Crippen MR) is 139 cm³/mol. The Bertz CT molecular complexity index is 1300. The van der Waals surface area contributed by atoms with Crippen molar-refractivity contribution in [2.45, 2.75) is 32.6 Å². The summed E-state index contributed by atoms with van der Waals surface area (Å²) in [6.45, 7) is 8.22. The standard InChI is InChI=1S/C27H31N3O4S/c1-5-29(6-2)27(32)24-14-10-11-15-25(24)28-26(31)19-30(22-17-16-20(3)21(4)18-22)35(33,34)23-12-8-7-9-13-23/h7-18H,5-6,19H2,1-4H3,(H,28,31). The van der Waals surface area contributed by atoms with Crippen LogP contribution in [0, 0.1) is 13.8 Å². The number of nitrogens with zero attached hydrogens (tertiary/aromatic N) is 2. The van der Waals surface area contributed by atoms with Gasteiger partial charge in [0.05, 0.1) is 21.8 Å². The number of nitrogens with one attached hydrogen (secondary N) is 1. The molecular weight excluding hydrogens is 462 g/mol. The number of amides is 2. The van der Waals surface area contributed by atoms with Gasteiger partial charge in [0, 0.05) is 13.1 Å². The van der Waals surface area contributed by atoms with Crippen molar-refractivity contribution < 1.29 is 18.0 Å². The van der Waals surface area contributed by atoms with E-state index in [1.807, 2.05) is 33.8 Å². The molecule has 1 N–H and O–H groups in total. The van der Waals surface area contributed by atoms with Gasteiger partial charge in [-0.3, -0.25) is 13.9 Å². The molecule has 0 bridgehead atoms. The summed E-state index contributed by atoms with van der Waals surface area (Å²) in [4.78, 5) is 27.8. The molecule has 0 fully saturated rings. The second kappa shape index (κ2) is 11.2. The van der Waals surface area contributed by atoms with Gasteiger partial charge in [-0.1, -0.05) is 36.4 Å². The lowest BCUT2D eigenvalue weighted by Crippen LogP contribution is -2.38. The monoisotopic (exact) mass is 493 g/mol. The molecule has 0 saturated carbocycles. The highest BCUT2D eigenvalue weighted by Gasteiger charge is 2.28. The summed E-state index contributed by atoms with van der Waals surface area (Å²) in [5, 5.41) is 2.75. The maximum atomic E-state index is 13.5. The molecule has 0 saturated heterocycles. The highest BCUT2D eigenvalue weighted by Crippen LogP contribution is 2.26. The second-order valence-corrected chi connectivity index (χ2v) is 10.0. The van der Waals surface area contributed by atoms with Gasteiger partial charge in [-0.25, -0.2) is 8.42 Å². The Kier molecular flexibility index (Phi) is 8.30. The van der Waals surface area contributed by atoms with Crippen molar-refractivity contribution in [3.05, 3.63) is 89.5 Å². The van der Waals surface area contributed by atoms with Crippen LogP contribution in [0.1, 0.15) is 35.3 Å². The van der Waals surface area contributed by atoms with Gasteiger partial charge in [-0.2, -0.15) is 0 Å². The van der Waals surface area contributed by atoms with E-state index in [0.29, 0.717) is 30.0 Å². The summed E-state index contributed by atoms with van der Waals surface area (Å²) >= 11 is 0. The fourth-order valence-electron chi connectivity index (χ4n) is 3.70. The van der Waals surface area contributed by atoms with Gasteiger partial charge < -0.3 is 10.2 Å². The van der Waals surface area contributed by atoms with Crippen LogP contribution in [0.2, 0.25) is 0 Å². The number of hydrogen-bond donors (Lipinski definition) is 1. The van der Waals surface area contributed by atoms with Gasteiger partial charge >= 0.3 is 0 Å². The number of anilines is 2. The van der Waals surface area contributed by atoms with E-state index >= 15 is 0 Å². The molecule has 0 radical (unpaired) electrons. The number of carbonyl (C=O) groups excluding carboxylic acids is 2. The number of hydrogen-bond acceptors (Lipinski definition) is 4. The Morgan fingerprint density at radius 3 is 2.09 bits per heavy atom. The van der Waals surface area contributed by atoms with E-state index in [1.54, 1.807) is 59.5 Å². The van der Waals surface area contributed by atoms with Crippen LogP contribution in [0.5, 0.6) is 0 Å². The zero-order valence-electron chi connectivity index (χ0n) is 20.5. The van der Waals surface area contributed by atoms with E-state index in [0.717, 1.165) is 15.4 Å². The molecule has 2 amide bonds. The molecule has 0 aliphatic rings. The van der Waals surface area contributed by atoms with Gasteiger partial charge in [0.25, 0.3) is 15.9 Å². The van der Waals surface area contributed by atoms with Crippen LogP contribution in [0.25, 0.3) is 0 Å². The Hall–Kier alpha value is -3.65. The first-order valence-electron chi connectivity index (χ1n) is 11.5. The summed E-state index contributed by atoms with van der Waals surface area (Å²) in [6.07, 6.45) is 0. The predicted octanol–water partition coefficient (Wildman–Crippen LogP) is 4.62. The Morgan fingerprint density at radius 1 is 0.829 bits per heavy atom. The minimum atomic E-state index is -4.02. The van der Waals surface area contributed by atoms with Crippen molar-refractivity contribution in [3.8, 4) is 0 Å². The van der Waals surface area contributed by atoms with Crippen LogP contribution in [0.3, 0.4) is 0 Å². The highest BCUT2D eigenvalue weighted by atomic mass is 32.2. The van der Waals surface area contributed by atoms with Crippen LogP contribution in [-0.4, -0.2) is 44.8 Å². The van der Waals surface area contributed by atoms with E-state index in [4.69, 9.17) is 0 Å². The van der Waals surface area contributed by atoms with Crippen LogP contribution < -0.4 is 9.62 Å². The number of rotatable bonds is 9. The lowest BCUT2D eigenvalue weighted by molar-refractivity contribution is -0.114. The summed E-state index contributed by atoms with van der Waals surface area (Å²) < 4.78 is 28.2. The first kappa shape index (κ1) is 26.0. The number of sulfonamides is 1. The lowest BCUT2D eigenvalue weighted by atomic mass is 10.1. The molecule has 184 valence electrons. The average molecular weight is 494 g/mol. The van der Waals surface area contributed by atoms with Crippen LogP contribution in [-0.2, 0) is 14.8 Å². The first-order chi connectivity index (χ1) is 16.7. The topological polar surface area (TPSA) is 86.8 Å². The Morgan fingerprint density at radius 2 is 1.46 bits per heavy atom. The van der Waals surface area contributed by atoms with E-state index in [2.05, 4.69) is 5.32 Å². The fraction of sp³-hybridized carbons (Fsp3) is 0.259. The minimum Gasteiger partial charge on any atom is -0.339 e. The van der Waals surface area contributed by atoms with Crippen molar-refractivity contribution in [2.75, 3.05) is 29.3 Å². The van der Waals surface area contributed by atoms with Crippen molar-refractivity contribution in [2.24, 2.45) is 0 Å². The molecule has 0 heterocycles. The lowest BCUT2D eigenvalue weighted by Gasteiger charge is -2.25. The molecule has 0 spiro atoms. The smallest absolute Gasteiger partial charge is 0.264 e. The third kappa shape index (κ3) is 5.89. The number of aryl methyl sites for hydroxylation is 2. The van der Waals surface area contributed by atoms with Crippen LogP contribution in [0.4, 0.5) is 11.4 Å². The molecule has 3 aromatic rings. The maximum Gasteiger partial charge on any atom is 0.264 e. The molecule has 0 atom stereocenters. The van der Waals surface area contributed by atoms with Crippen molar-refractivity contribution in [1.29, 1.82) is 0 Å². The first-order valence-corrected chi connectivity index (χ1v) is 13.0. The molecule has 0 unspecified atom stereocenters. The van der Waals surface area contributed by atoms with Gasteiger partial charge in [0.15, 0.2) is 0 Å². The summed E-state index contributed by atoms with van der Waals surface area (Å²) in [5.41, 5.74) is 3.00. The Labute approximate surface area is 207 Å². The van der Waals surface area contributed by atoms with E-state index in [-0.39, 0.29) is 10.8 Å². The van der Waals surface area contributed by atoms with Crippen molar-refractivity contribution in [1.82, 2.24) is 4.90 Å².